The van der Waals surface area contributed by atoms with Gasteiger partial charge in [-0.25, -0.2) is 4.98 Å². The van der Waals surface area contributed by atoms with Crippen molar-refractivity contribution in [2.45, 2.75) is 12.8 Å². The SMILES string of the molecule is O=C(O)Cc1cnc(Cc2ccc([N+](=O)[O-])cc2)[nH]1. The molecule has 0 unspecified atom stereocenters. The average molecular weight is 261 g/mol. The molecule has 19 heavy (non-hydrogen) atoms. The van der Waals surface area contributed by atoms with Gasteiger partial charge in [0, 0.05) is 30.4 Å². The number of nitrogens with zero attached hydrogens (tertiary/aromatic N) is 2. The molecule has 0 saturated carbocycles. The fourth-order valence-electron chi connectivity index (χ4n) is 1.68. The van der Waals surface area contributed by atoms with E-state index in [0.29, 0.717) is 17.9 Å². The second kappa shape index (κ2) is 5.30. The lowest BCUT2D eigenvalue weighted by Gasteiger charge is -1.98. The third-order valence-corrected chi connectivity index (χ3v) is 2.54. The zero-order valence-electron chi connectivity index (χ0n) is 9.87. The lowest BCUT2D eigenvalue weighted by atomic mass is 10.1. The van der Waals surface area contributed by atoms with E-state index in [9.17, 15) is 14.9 Å². The van der Waals surface area contributed by atoms with Crippen molar-refractivity contribution < 1.29 is 14.8 Å². The number of hydrogen-bond acceptors (Lipinski definition) is 4. The maximum atomic E-state index is 10.5. The van der Waals surface area contributed by atoms with E-state index in [1.165, 1.54) is 18.3 Å². The summed E-state index contributed by atoms with van der Waals surface area (Å²) in [5.41, 5.74) is 1.43. The van der Waals surface area contributed by atoms with E-state index in [0.717, 1.165) is 5.56 Å². The molecule has 2 rings (SSSR count). The summed E-state index contributed by atoms with van der Waals surface area (Å²) in [5, 5.41) is 19.1. The first-order valence-electron chi connectivity index (χ1n) is 5.52. The Bertz CT molecular complexity index is 604. The number of carboxylic acids is 1. The molecule has 1 aromatic heterocycles. The van der Waals surface area contributed by atoms with Crippen LogP contribution in [0.3, 0.4) is 0 Å². The Morgan fingerprint density at radius 3 is 2.63 bits per heavy atom. The van der Waals surface area contributed by atoms with Gasteiger partial charge < -0.3 is 10.1 Å². The van der Waals surface area contributed by atoms with Crippen molar-refractivity contribution in [2.24, 2.45) is 0 Å². The first-order chi connectivity index (χ1) is 9.04. The average Bonchev–Trinajstić information content (AvgIpc) is 2.76. The van der Waals surface area contributed by atoms with E-state index in [1.807, 2.05) is 0 Å². The molecule has 0 bridgehead atoms. The van der Waals surface area contributed by atoms with Crippen LogP contribution >= 0.6 is 0 Å². The standard InChI is InChI=1S/C12H11N3O4/c16-12(17)6-9-7-13-11(14-9)5-8-1-3-10(4-2-8)15(18)19/h1-4,7H,5-6H2,(H,13,14)(H,16,17). The molecule has 0 spiro atoms. The molecule has 0 radical (unpaired) electrons. The number of aliphatic carboxylic acids is 1. The number of carboxylic acid groups (broad SMARTS) is 1. The number of rotatable bonds is 5. The number of hydrogen-bond donors (Lipinski definition) is 2. The lowest BCUT2D eigenvalue weighted by molar-refractivity contribution is -0.384. The molecule has 0 amide bonds. The van der Waals surface area contributed by atoms with E-state index in [-0.39, 0.29) is 12.1 Å². The summed E-state index contributed by atoms with van der Waals surface area (Å²) in [6.07, 6.45) is 1.85. The number of aromatic nitrogens is 2. The Balaban J connectivity index is 2.06. The number of non-ortho nitro benzene ring substituents is 1. The van der Waals surface area contributed by atoms with Crippen molar-refractivity contribution >= 4 is 11.7 Å². The van der Waals surface area contributed by atoms with Crippen molar-refractivity contribution in [3.8, 4) is 0 Å². The van der Waals surface area contributed by atoms with Crippen molar-refractivity contribution in [3.05, 3.63) is 57.7 Å². The van der Waals surface area contributed by atoms with E-state index >= 15 is 0 Å². The highest BCUT2D eigenvalue weighted by Crippen LogP contribution is 2.14. The van der Waals surface area contributed by atoms with Gasteiger partial charge >= 0.3 is 5.97 Å². The summed E-state index contributed by atoms with van der Waals surface area (Å²) < 4.78 is 0. The number of imidazole rings is 1. The maximum Gasteiger partial charge on any atom is 0.309 e. The number of aromatic amines is 1. The number of nitro groups is 1. The highest BCUT2D eigenvalue weighted by atomic mass is 16.6. The van der Waals surface area contributed by atoms with Gasteiger partial charge in [0.05, 0.1) is 11.3 Å². The third-order valence-electron chi connectivity index (χ3n) is 2.54. The lowest BCUT2D eigenvalue weighted by Crippen LogP contribution is -2.00. The van der Waals surface area contributed by atoms with Gasteiger partial charge in [0.1, 0.15) is 5.82 Å². The molecule has 2 aromatic rings. The molecule has 7 heteroatoms. The largest absolute Gasteiger partial charge is 0.481 e. The quantitative estimate of drug-likeness (QED) is 0.626. The maximum absolute atomic E-state index is 10.5. The van der Waals surface area contributed by atoms with Crippen molar-refractivity contribution in [1.29, 1.82) is 0 Å². The van der Waals surface area contributed by atoms with Crippen molar-refractivity contribution in [3.63, 3.8) is 0 Å². The topological polar surface area (TPSA) is 109 Å². The van der Waals surface area contributed by atoms with Gasteiger partial charge in [-0.2, -0.15) is 0 Å². The van der Waals surface area contributed by atoms with Crippen LogP contribution in [-0.4, -0.2) is 26.0 Å². The third kappa shape index (κ3) is 3.38. The van der Waals surface area contributed by atoms with Crippen molar-refractivity contribution in [2.75, 3.05) is 0 Å². The Labute approximate surface area is 108 Å². The molecular formula is C12H11N3O4. The minimum Gasteiger partial charge on any atom is -0.481 e. The normalized spacial score (nSPS) is 10.3. The minimum absolute atomic E-state index is 0.0368. The van der Waals surface area contributed by atoms with Crippen LogP contribution in [0.4, 0.5) is 5.69 Å². The summed E-state index contributed by atoms with van der Waals surface area (Å²) in [6.45, 7) is 0. The Morgan fingerprint density at radius 2 is 2.05 bits per heavy atom. The van der Waals surface area contributed by atoms with Gasteiger partial charge in [-0.3, -0.25) is 14.9 Å². The van der Waals surface area contributed by atoms with Crippen LogP contribution < -0.4 is 0 Å². The molecule has 1 heterocycles. The summed E-state index contributed by atoms with van der Waals surface area (Å²) in [6, 6.07) is 6.15. The number of benzene rings is 1. The highest BCUT2D eigenvalue weighted by molar-refractivity contribution is 5.69. The Kier molecular flexibility index (Phi) is 3.56. The second-order valence-electron chi connectivity index (χ2n) is 4.03. The number of nitro benzene ring substituents is 1. The van der Waals surface area contributed by atoms with Crippen LogP contribution in [-0.2, 0) is 17.6 Å². The van der Waals surface area contributed by atoms with Crippen LogP contribution in [0, 0.1) is 10.1 Å². The zero-order chi connectivity index (χ0) is 13.8. The molecular weight excluding hydrogens is 250 g/mol. The number of H-pyrrole nitrogens is 1. The van der Waals surface area contributed by atoms with Crippen LogP contribution in [0.1, 0.15) is 17.1 Å². The predicted molar refractivity (Wildman–Crippen MR) is 65.8 cm³/mol. The molecule has 0 saturated heterocycles. The fraction of sp³-hybridized carbons (Fsp3) is 0.167. The Hall–Kier alpha value is -2.70. The molecule has 1 aromatic carbocycles. The van der Waals surface area contributed by atoms with Gasteiger partial charge in [-0.15, -0.1) is 0 Å². The summed E-state index contributed by atoms with van der Waals surface area (Å²) in [4.78, 5) is 27.6. The summed E-state index contributed by atoms with van der Waals surface area (Å²) >= 11 is 0. The summed E-state index contributed by atoms with van der Waals surface area (Å²) in [5.74, 6) is -0.296. The van der Waals surface area contributed by atoms with Gasteiger partial charge in [-0.1, -0.05) is 12.1 Å². The van der Waals surface area contributed by atoms with Crippen molar-refractivity contribution in [1.82, 2.24) is 9.97 Å². The van der Waals surface area contributed by atoms with Crippen LogP contribution in [0.25, 0.3) is 0 Å². The molecule has 0 fully saturated rings. The predicted octanol–water partition coefficient (Wildman–Crippen LogP) is 1.54. The molecule has 0 aliphatic heterocycles. The molecule has 0 aliphatic rings. The van der Waals surface area contributed by atoms with Gasteiger partial charge in [0.2, 0.25) is 0 Å². The molecule has 7 nitrogen and oxygen atoms in total. The van der Waals surface area contributed by atoms with E-state index in [4.69, 9.17) is 5.11 Å². The molecule has 0 aliphatic carbocycles. The highest BCUT2D eigenvalue weighted by Gasteiger charge is 2.07. The van der Waals surface area contributed by atoms with E-state index in [1.54, 1.807) is 12.1 Å². The van der Waals surface area contributed by atoms with Gasteiger partial charge in [0.25, 0.3) is 5.69 Å². The van der Waals surface area contributed by atoms with E-state index in [2.05, 4.69) is 9.97 Å². The first-order valence-corrected chi connectivity index (χ1v) is 5.52. The van der Waals surface area contributed by atoms with Gasteiger partial charge in [0.15, 0.2) is 0 Å². The Morgan fingerprint density at radius 1 is 1.37 bits per heavy atom. The molecule has 98 valence electrons. The minimum atomic E-state index is -0.925. The van der Waals surface area contributed by atoms with E-state index < -0.39 is 10.9 Å². The number of carbonyl (C=O) groups is 1. The molecule has 2 N–H and O–H groups in total. The van der Waals surface area contributed by atoms with Crippen LogP contribution in [0.5, 0.6) is 0 Å². The monoisotopic (exact) mass is 261 g/mol. The first kappa shape index (κ1) is 12.7. The van der Waals surface area contributed by atoms with Gasteiger partial charge in [-0.05, 0) is 5.56 Å². The summed E-state index contributed by atoms with van der Waals surface area (Å²) in [7, 11) is 0. The second-order valence-corrected chi connectivity index (χ2v) is 4.03. The fourth-order valence-corrected chi connectivity index (χ4v) is 1.68. The number of nitrogens with one attached hydrogen (secondary N) is 1. The molecule has 0 atom stereocenters. The smallest absolute Gasteiger partial charge is 0.309 e. The van der Waals surface area contributed by atoms with Crippen LogP contribution in [0.2, 0.25) is 0 Å². The zero-order valence-corrected chi connectivity index (χ0v) is 9.87. The van der Waals surface area contributed by atoms with Crippen LogP contribution in [0.15, 0.2) is 30.5 Å².